The minimum absolute atomic E-state index is 0.125. The first-order chi connectivity index (χ1) is 35.0. The van der Waals surface area contributed by atoms with Gasteiger partial charge in [0.25, 0.3) is 0 Å². The predicted octanol–water partition coefficient (Wildman–Crippen LogP) is 19.4. The SMILES string of the molecule is CC/C=C\C/C=C\C/C=C\C/C=C\C/C=C\CCCC(=O)OC[C@H](COC(=O)CCCCCCCCC/C=C\CCCCCCCCCC)OC(=O)CCC/C=C\C/C=C\C/C=C\C/C=C\C/C=C\CC. The third kappa shape index (κ3) is 56.3. The highest BCUT2D eigenvalue weighted by molar-refractivity contribution is 5.71. The summed E-state index contributed by atoms with van der Waals surface area (Å²) in [7, 11) is 0. The van der Waals surface area contributed by atoms with Crippen LogP contribution in [0.1, 0.15) is 239 Å². The van der Waals surface area contributed by atoms with Crippen LogP contribution in [0.2, 0.25) is 0 Å². The van der Waals surface area contributed by atoms with Crippen molar-refractivity contribution in [2.24, 2.45) is 0 Å². The van der Waals surface area contributed by atoms with Gasteiger partial charge in [0.2, 0.25) is 0 Å². The largest absolute Gasteiger partial charge is 0.462 e. The zero-order valence-corrected chi connectivity index (χ0v) is 45.7. The molecule has 0 aromatic rings. The summed E-state index contributed by atoms with van der Waals surface area (Å²) in [5, 5.41) is 0. The second-order valence-electron chi connectivity index (χ2n) is 18.4. The molecular formula is C65H104O6. The monoisotopic (exact) mass is 981 g/mol. The number of carbonyl (C=O) groups is 3. The summed E-state index contributed by atoms with van der Waals surface area (Å²) in [6.45, 7) is 6.31. The zero-order chi connectivity index (χ0) is 51.4. The molecule has 0 aliphatic rings. The quantitative estimate of drug-likeness (QED) is 0.0262. The highest BCUT2D eigenvalue weighted by atomic mass is 16.6. The Kier molecular flexibility index (Phi) is 54.5. The van der Waals surface area contributed by atoms with E-state index in [9.17, 15) is 14.4 Å². The molecule has 71 heavy (non-hydrogen) atoms. The molecule has 0 amide bonds. The van der Waals surface area contributed by atoms with Gasteiger partial charge >= 0.3 is 17.9 Å². The van der Waals surface area contributed by atoms with Crippen LogP contribution in [0, 0.1) is 0 Å². The first-order valence-electron chi connectivity index (χ1n) is 28.7. The summed E-state index contributed by atoms with van der Waals surface area (Å²) in [4.78, 5) is 38.1. The molecule has 0 aliphatic carbocycles. The zero-order valence-electron chi connectivity index (χ0n) is 45.7. The Bertz CT molecular complexity index is 1550. The van der Waals surface area contributed by atoms with Gasteiger partial charge in [-0.2, -0.15) is 0 Å². The second kappa shape index (κ2) is 58.1. The number of hydrogen-bond acceptors (Lipinski definition) is 6. The van der Waals surface area contributed by atoms with Crippen molar-refractivity contribution in [1.29, 1.82) is 0 Å². The van der Waals surface area contributed by atoms with Gasteiger partial charge in [0.15, 0.2) is 6.10 Å². The summed E-state index contributed by atoms with van der Waals surface area (Å²) >= 11 is 0. The molecule has 6 heteroatoms. The van der Waals surface area contributed by atoms with Gasteiger partial charge in [0.05, 0.1) is 0 Å². The normalized spacial score (nSPS) is 13.1. The second-order valence-corrected chi connectivity index (χ2v) is 18.4. The molecule has 400 valence electrons. The van der Waals surface area contributed by atoms with Crippen LogP contribution >= 0.6 is 0 Å². The smallest absolute Gasteiger partial charge is 0.306 e. The highest BCUT2D eigenvalue weighted by Gasteiger charge is 2.19. The van der Waals surface area contributed by atoms with Gasteiger partial charge in [0.1, 0.15) is 13.2 Å². The molecule has 0 aliphatic heterocycles. The average Bonchev–Trinajstić information content (AvgIpc) is 3.37. The Morgan fingerprint density at radius 2 is 0.563 bits per heavy atom. The number of carbonyl (C=O) groups excluding carboxylic acids is 3. The van der Waals surface area contributed by atoms with Crippen molar-refractivity contribution in [2.75, 3.05) is 13.2 Å². The number of allylic oxidation sites excluding steroid dienone is 22. The molecule has 0 saturated carbocycles. The third-order valence-corrected chi connectivity index (χ3v) is 11.6. The summed E-state index contributed by atoms with van der Waals surface area (Å²) in [5.74, 6) is -1.05. The molecule has 0 spiro atoms. The molecule has 0 bridgehead atoms. The molecule has 0 saturated heterocycles. The van der Waals surface area contributed by atoms with Gasteiger partial charge in [-0.05, 0) is 122 Å². The Morgan fingerprint density at radius 1 is 0.296 bits per heavy atom. The Balaban J connectivity index is 4.57. The minimum atomic E-state index is -0.838. The minimum Gasteiger partial charge on any atom is -0.462 e. The lowest BCUT2D eigenvalue weighted by Crippen LogP contribution is -2.30. The van der Waals surface area contributed by atoms with Crippen molar-refractivity contribution in [3.8, 4) is 0 Å². The maximum absolute atomic E-state index is 12.8. The van der Waals surface area contributed by atoms with Crippen molar-refractivity contribution in [3.63, 3.8) is 0 Å². The van der Waals surface area contributed by atoms with Crippen LogP contribution in [0.3, 0.4) is 0 Å². The molecule has 0 aromatic carbocycles. The highest BCUT2D eigenvalue weighted by Crippen LogP contribution is 2.13. The lowest BCUT2D eigenvalue weighted by molar-refractivity contribution is -0.167. The van der Waals surface area contributed by atoms with Crippen molar-refractivity contribution in [2.45, 2.75) is 245 Å². The van der Waals surface area contributed by atoms with Crippen LogP contribution < -0.4 is 0 Å². The summed E-state index contributed by atoms with van der Waals surface area (Å²) in [6, 6.07) is 0. The summed E-state index contributed by atoms with van der Waals surface area (Å²) in [6.07, 6.45) is 81.7. The number of esters is 3. The van der Waals surface area contributed by atoms with Gasteiger partial charge in [-0.1, -0.05) is 231 Å². The first-order valence-corrected chi connectivity index (χ1v) is 28.7. The van der Waals surface area contributed by atoms with Crippen LogP contribution in [-0.2, 0) is 28.6 Å². The molecule has 6 nitrogen and oxygen atoms in total. The van der Waals surface area contributed by atoms with Crippen molar-refractivity contribution >= 4 is 17.9 Å². The fourth-order valence-electron chi connectivity index (χ4n) is 7.39. The van der Waals surface area contributed by atoms with E-state index in [1.807, 2.05) is 0 Å². The van der Waals surface area contributed by atoms with Crippen LogP contribution in [0.25, 0.3) is 0 Å². The van der Waals surface area contributed by atoms with E-state index in [0.29, 0.717) is 19.3 Å². The Morgan fingerprint density at radius 3 is 0.930 bits per heavy atom. The molecule has 0 fully saturated rings. The molecular weight excluding hydrogens is 877 g/mol. The lowest BCUT2D eigenvalue weighted by atomic mass is 10.1. The van der Waals surface area contributed by atoms with Gasteiger partial charge in [-0.15, -0.1) is 0 Å². The molecule has 0 heterocycles. The van der Waals surface area contributed by atoms with E-state index >= 15 is 0 Å². The Hall–Kier alpha value is -4.45. The Labute approximate surface area is 436 Å². The standard InChI is InChI=1S/C65H104O6/c1-4-7-10-13-16-19-22-25-28-31-32-35-37-40-43-46-49-52-55-58-64(67)70-61-62(71-65(68)59-56-53-50-47-44-41-38-34-30-27-24-21-18-15-12-9-6-3)60-69-63(66)57-54-51-48-45-42-39-36-33-29-26-23-20-17-14-11-8-5-2/h8-9,11-12,17-18,20-21,26-27,29-32,36,38-39,41,45,47-48,50,62H,4-7,10,13-16,19,22-25,28,33-35,37,40,42-44,46,49,51-61H2,1-3H3/b11-8-,12-9-,20-17-,21-18-,29-26-,30-27-,32-31-,39-36-,41-38-,48-45-,50-47-/t62-/m1/s1. The molecule has 0 N–H and O–H groups in total. The molecule has 0 unspecified atom stereocenters. The van der Waals surface area contributed by atoms with Crippen LogP contribution in [0.5, 0.6) is 0 Å². The number of rotatable bonds is 50. The van der Waals surface area contributed by atoms with Gasteiger partial charge in [0, 0.05) is 19.3 Å². The van der Waals surface area contributed by atoms with E-state index in [-0.39, 0.29) is 44.0 Å². The summed E-state index contributed by atoms with van der Waals surface area (Å²) < 4.78 is 16.8. The maximum atomic E-state index is 12.8. The van der Waals surface area contributed by atoms with Crippen LogP contribution in [0.15, 0.2) is 134 Å². The van der Waals surface area contributed by atoms with Gasteiger partial charge < -0.3 is 14.2 Å². The van der Waals surface area contributed by atoms with Crippen molar-refractivity contribution in [1.82, 2.24) is 0 Å². The van der Waals surface area contributed by atoms with Gasteiger partial charge in [-0.3, -0.25) is 14.4 Å². The van der Waals surface area contributed by atoms with E-state index in [4.69, 9.17) is 14.2 Å². The fraction of sp³-hybridized carbons (Fsp3) is 0.615. The van der Waals surface area contributed by atoms with Crippen LogP contribution in [-0.4, -0.2) is 37.2 Å². The third-order valence-electron chi connectivity index (χ3n) is 11.6. The van der Waals surface area contributed by atoms with E-state index in [1.54, 1.807) is 0 Å². The summed E-state index contributed by atoms with van der Waals surface area (Å²) in [5.41, 5.74) is 0. The van der Waals surface area contributed by atoms with E-state index in [1.165, 1.54) is 89.9 Å². The lowest BCUT2D eigenvalue weighted by Gasteiger charge is -2.18. The average molecular weight is 982 g/mol. The van der Waals surface area contributed by atoms with E-state index < -0.39 is 6.10 Å². The number of unbranched alkanes of at least 4 members (excludes halogenated alkanes) is 17. The fourth-order valence-corrected chi connectivity index (χ4v) is 7.39. The van der Waals surface area contributed by atoms with E-state index in [2.05, 4.69) is 154 Å². The number of hydrogen-bond donors (Lipinski definition) is 0. The molecule has 0 rings (SSSR count). The van der Waals surface area contributed by atoms with Crippen molar-refractivity contribution < 1.29 is 28.6 Å². The molecule has 1 atom stereocenters. The maximum Gasteiger partial charge on any atom is 0.306 e. The van der Waals surface area contributed by atoms with Crippen LogP contribution in [0.4, 0.5) is 0 Å². The molecule has 0 radical (unpaired) electrons. The number of ether oxygens (including phenoxy) is 3. The topological polar surface area (TPSA) is 78.9 Å². The predicted molar refractivity (Wildman–Crippen MR) is 306 cm³/mol. The molecule has 0 aromatic heterocycles. The van der Waals surface area contributed by atoms with Crippen molar-refractivity contribution in [3.05, 3.63) is 134 Å². The van der Waals surface area contributed by atoms with E-state index in [0.717, 1.165) is 96.3 Å². The first kappa shape index (κ1) is 66.6. The van der Waals surface area contributed by atoms with Gasteiger partial charge in [-0.25, -0.2) is 0 Å².